The van der Waals surface area contributed by atoms with Gasteiger partial charge in [-0.25, -0.2) is 4.98 Å². The Bertz CT molecular complexity index is 872. The van der Waals surface area contributed by atoms with Crippen molar-refractivity contribution in [2.75, 3.05) is 18.0 Å². The van der Waals surface area contributed by atoms with Crippen LogP contribution in [0.1, 0.15) is 12.8 Å². The molecule has 0 saturated carbocycles. The summed E-state index contributed by atoms with van der Waals surface area (Å²) in [5.41, 5.74) is 3.27. The van der Waals surface area contributed by atoms with E-state index in [1.165, 1.54) is 0 Å². The van der Waals surface area contributed by atoms with Gasteiger partial charge in [-0.1, -0.05) is 11.3 Å². The molecule has 0 bridgehead atoms. The average Bonchev–Trinajstić information content (AvgIpc) is 3.19. The van der Waals surface area contributed by atoms with E-state index in [9.17, 15) is 4.79 Å². The van der Waals surface area contributed by atoms with E-state index in [1.807, 2.05) is 12.1 Å². The van der Waals surface area contributed by atoms with E-state index in [2.05, 4.69) is 25.1 Å². The largest absolute Gasteiger partial charge is 0.347 e. The first kappa shape index (κ1) is 15.9. The second-order valence-corrected chi connectivity index (χ2v) is 6.97. The Labute approximate surface area is 149 Å². The minimum Gasteiger partial charge on any atom is -0.347 e. The molecule has 4 rings (SSSR count). The molecule has 0 unspecified atom stereocenters. The second-order valence-electron chi connectivity index (χ2n) is 6.16. The van der Waals surface area contributed by atoms with Gasteiger partial charge in [-0.05, 0) is 30.9 Å². The van der Waals surface area contributed by atoms with Crippen LogP contribution >= 0.6 is 11.3 Å². The van der Waals surface area contributed by atoms with Crippen LogP contribution in [0.5, 0.6) is 0 Å². The van der Waals surface area contributed by atoms with E-state index in [0.29, 0.717) is 18.2 Å². The number of hydrogen-bond acceptors (Lipinski definition) is 7. The lowest BCUT2D eigenvalue weighted by Crippen LogP contribution is -2.36. The highest BCUT2D eigenvalue weighted by molar-refractivity contribution is 7.13. The van der Waals surface area contributed by atoms with Gasteiger partial charge in [-0.2, -0.15) is 0 Å². The van der Waals surface area contributed by atoms with Crippen molar-refractivity contribution in [2.45, 2.75) is 19.4 Å². The maximum Gasteiger partial charge on any atom is 0.253 e. The SMILES string of the molecule is O=c1cc(-c2cccnc2)ncn1CC1CCN(c2nncs2)CC1. The Morgan fingerprint density at radius 1 is 1.28 bits per heavy atom. The zero-order valence-electron chi connectivity index (χ0n) is 13.7. The van der Waals surface area contributed by atoms with E-state index in [0.717, 1.165) is 36.6 Å². The molecule has 128 valence electrons. The molecule has 0 amide bonds. The fourth-order valence-corrected chi connectivity index (χ4v) is 3.74. The smallest absolute Gasteiger partial charge is 0.253 e. The van der Waals surface area contributed by atoms with Crippen molar-refractivity contribution >= 4 is 16.5 Å². The fraction of sp³-hybridized carbons (Fsp3) is 0.353. The van der Waals surface area contributed by atoms with Crippen LogP contribution in [0.3, 0.4) is 0 Å². The zero-order valence-corrected chi connectivity index (χ0v) is 14.5. The lowest BCUT2D eigenvalue weighted by Gasteiger charge is -2.31. The summed E-state index contributed by atoms with van der Waals surface area (Å²) >= 11 is 1.57. The molecular formula is C17H18N6OS. The highest BCUT2D eigenvalue weighted by Crippen LogP contribution is 2.24. The van der Waals surface area contributed by atoms with Crippen molar-refractivity contribution in [3.05, 3.63) is 52.8 Å². The van der Waals surface area contributed by atoms with Crippen LogP contribution in [0.4, 0.5) is 5.13 Å². The molecular weight excluding hydrogens is 336 g/mol. The van der Waals surface area contributed by atoms with Crippen molar-refractivity contribution < 1.29 is 0 Å². The van der Waals surface area contributed by atoms with E-state index in [-0.39, 0.29) is 5.56 Å². The van der Waals surface area contributed by atoms with Gasteiger partial charge in [-0.3, -0.25) is 14.3 Å². The van der Waals surface area contributed by atoms with Crippen molar-refractivity contribution in [3.8, 4) is 11.3 Å². The molecule has 0 atom stereocenters. The summed E-state index contributed by atoms with van der Waals surface area (Å²) in [7, 11) is 0. The third kappa shape index (κ3) is 3.58. The molecule has 0 N–H and O–H groups in total. The van der Waals surface area contributed by atoms with Crippen molar-refractivity contribution in [1.29, 1.82) is 0 Å². The maximum atomic E-state index is 12.4. The summed E-state index contributed by atoms with van der Waals surface area (Å²) < 4.78 is 1.71. The van der Waals surface area contributed by atoms with Crippen molar-refractivity contribution in [2.24, 2.45) is 5.92 Å². The number of anilines is 1. The van der Waals surface area contributed by atoms with E-state index >= 15 is 0 Å². The predicted octanol–water partition coefficient (Wildman–Crippen LogP) is 2.07. The van der Waals surface area contributed by atoms with E-state index in [1.54, 1.807) is 46.2 Å². The molecule has 8 heteroatoms. The van der Waals surface area contributed by atoms with Gasteiger partial charge in [0, 0.05) is 43.7 Å². The quantitative estimate of drug-likeness (QED) is 0.714. The molecule has 1 aliphatic rings. The Morgan fingerprint density at radius 3 is 2.84 bits per heavy atom. The molecule has 0 aliphatic carbocycles. The molecule has 0 spiro atoms. The number of nitrogens with zero attached hydrogens (tertiary/aromatic N) is 6. The van der Waals surface area contributed by atoms with Crippen LogP contribution in [0.2, 0.25) is 0 Å². The molecule has 0 aromatic carbocycles. The number of pyridine rings is 1. The fourth-order valence-electron chi connectivity index (χ4n) is 3.13. The predicted molar refractivity (Wildman–Crippen MR) is 96.6 cm³/mol. The van der Waals surface area contributed by atoms with E-state index < -0.39 is 0 Å². The monoisotopic (exact) mass is 354 g/mol. The van der Waals surface area contributed by atoms with Gasteiger partial charge >= 0.3 is 0 Å². The van der Waals surface area contributed by atoms with Crippen LogP contribution in [0.15, 0.2) is 47.2 Å². The Balaban J connectivity index is 1.41. The molecule has 1 aliphatic heterocycles. The molecule has 3 aromatic rings. The van der Waals surface area contributed by atoms with E-state index in [4.69, 9.17) is 0 Å². The third-order valence-corrected chi connectivity index (χ3v) is 5.28. The summed E-state index contributed by atoms with van der Waals surface area (Å²) in [5, 5.41) is 9.01. The molecule has 3 aromatic heterocycles. The molecule has 1 fully saturated rings. The number of piperidine rings is 1. The lowest BCUT2D eigenvalue weighted by molar-refractivity contribution is 0.351. The highest BCUT2D eigenvalue weighted by atomic mass is 32.1. The Morgan fingerprint density at radius 2 is 2.16 bits per heavy atom. The van der Waals surface area contributed by atoms with Gasteiger partial charge in [0.2, 0.25) is 5.13 Å². The first-order valence-corrected chi connectivity index (χ1v) is 9.15. The summed E-state index contributed by atoms with van der Waals surface area (Å²) in [6, 6.07) is 5.34. The molecule has 25 heavy (non-hydrogen) atoms. The third-order valence-electron chi connectivity index (χ3n) is 4.53. The summed E-state index contributed by atoms with van der Waals surface area (Å²) in [6.07, 6.45) is 7.16. The zero-order chi connectivity index (χ0) is 17.1. The van der Waals surface area contributed by atoms with Crippen LogP contribution in [-0.2, 0) is 6.54 Å². The Hall–Kier alpha value is -2.61. The van der Waals surface area contributed by atoms with Gasteiger partial charge in [-0.15, -0.1) is 10.2 Å². The Kier molecular flexibility index (Phi) is 4.51. The van der Waals surface area contributed by atoms with Crippen molar-refractivity contribution in [1.82, 2.24) is 24.7 Å². The van der Waals surface area contributed by atoms with Crippen LogP contribution in [0, 0.1) is 5.92 Å². The van der Waals surface area contributed by atoms with Crippen LogP contribution in [-0.4, -0.2) is 37.8 Å². The molecule has 7 nitrogen and oxygen atoms in total. The van der Waals surface area contributed by atoms with Crippen LogP contribution in [0.25, 0.3) is 11.3 Å². The number of hydrogen-bond donors (Lipinski definition) is 0. The topological polar surface area (TPSA) is 76.8 Å². The molecule has 0 radical (unpaired) electrons. The molecule has 4 heterocycles. The van der Waals surface area contributed by atoms with Crippen molar-refractivity contribution in [3.63, 3.8) is 0 Å². The number of aromatic nitrogens is 5. The summed E-state index contributed by atoms with van der Waals surface area (Å²) in [4.78, 5) is 23.2. The molecule has 1 saturated heterocycles. The van der Waals surface area contributed by atoms with Gasteiger partial charge < -0.3 is 4.90 Å². The minimum absolute atomic E-state index is 0.0135. The number of rotatable bonds is 4. The summed E-state index contributed by atoms with van der Waals surface area (Å²) in [6.45, 7) is 2.62. The van der Waals surface area contributed by atoms with Gasteiger partial charge in [0.05, 0.1) is 12.0 Å². The normalized spacial score (nSPS) is 15.4. The average molecular weight is 354 g/mol. The maximum absolute atomic E-state index is 12.4. The van der Waals surface area contributed by atoms with Gasteiger partial charge in [0.25, 0.3) is 5.56 Å². The van der Waals surface area contributed by atoms with Gasteiger partial charge in [0.15, 0.2) is 0 Å². The first-order valence-electron chi connectivity index (χ1n) is 8.27. The highest BCUT2D eigenvalue weighted by Gasteiger charge is 2.21. The summed E-state index contributed by atoms with van der Waals surface area (Å²) in [5.74, 6) is 0.480. The first-order chi connectivity index (χ1) is 12.3. The second kappa shape index (κ2) is 7.10. The van der Waals surface area contributed by atoms with Crippen LogP contribution < -0.4 is 10.5 Å². The standard InChI is InChI=1S/C17H18N6OS/c24-16-8-15(14-2-1-5-18-9-14)19-11-23(16)10-13-3-6-22(7-4-13)17-21-20-12-25-17/h1-2,5,8-9,11-13H,3-4,6-7,10H2. The van der Waals surface area contributed by atoms with Gasteiger partial charge in [0.1, 0.15) is 5.51 Å². The lowest BCUT2D eigenvalue weighted by atomic mass is 9.97. The minimum atomic E-state index is -0.0135.